The van der Waals surface area contributed by atoms with Gasteiger partial charge in [-0.2, -0.15) is 0 Å². The van der Waals surface area contributed by atoms with E-state index in [-0.39, 0.29) is 5.91 Å². The molecule has 0 aromatic heterocycles. The Morgan fingerprint density at radius 2 is 1.52 bits per heavy atom. The first-order valence-electron chi connectivity index (χ1n) is 9.36. The summed E-state index contributed by atoms with van der Waals surface area (Å²) < 4.78 is 0. The first-order valence-corrected chi connectivity index (χ1v) is 9.74. The van der Waals surface area contributed by atoms with Gasteiger partial charge in [-0.05, 0) is 46.7 Å². The summed E-state index contributed by atoms with van der Waals surface area (Å²) in [7, 11) is 0. The van der Waals surface area contributed by atoms with E-state index in [1.807, 2.05) is 42.5 Å². The van der Waals surface area contributed by atoms with E-state index in [0.29, 0.717) is 11.4 Å². The Morgan fingerprint density at radius 3 is 2.15 bits per heavy atom. The third-order valence-electron chi connectivity index (χ3n) is 4.77. The SMILES string of the molecule is CCc1ccc(Cl)c(CC)c1NC(=O)Cc1ccc(-c2ccccc2)cc1. The summed E-state index contributed by atoms with van der Waals surface area (Å²) in [5.74, 6) is -0.0193. The molecular weight excluding hydrogens is 354 g/mol. The minimum absolute atomic E-state index is 0.0193. The molecule has 0 saturated carbocycles. The average Bonchev–Trinajstić information content (AvgIpc) is 2.69. The highest BCUT2D eigenvalue weighted by molar-refractivity contribution is 6.32. The van der Waals surface area contributed by atoms with Gasteiger partial charge in [0.1, 0.15) is 0 Å². The molecule has 0 aliphatic rings. The van der Waals surface area contributed by atoms with Gasteiger partial charge in [0, 0.05) is 10.7 Å². The third kappa shape index (κ3) is 4.58. The lowest BCUT2D eigenvalue weighted by Gasteiger charge is -2.16. The molecule has 3 aromatic carbocycles. The number of carbonyl (C=O) groups excluding carboxylic acids is 1. The van der Waals surface area contributed by atoms with Crippen LogP contribution in [0.5, 0.6) is 0 Å². The van der Waals surface area contributed by atoms with E-state index >= 15 is 0 Å². The number of rotatable bonds is 6. The van der Waals surface area contributed by atoms with E-state index in [1.54, 1.807) is 0 Å². The van der Waals surface area contributed by atoms with Crippen LogP contribution in [0.15, 0.2) is 66.7 Å². The molecule has 0 unspecified atom stereocenters. The fourth-order valence-electron chi connectivity index (χ4n) is 3.28. The van der Waals surface area contributed by atoms with Crippen molar-refractivity contribution in [1.82, 2.24) is 0 Å². The first-order chi connectivity index (χ1) is 13.1. The molecule has 0 radical (unpaired) electrons. The van der Waals surface area contributed by atoms with Gasteiger partial charge in [0.15, 0.2) is 0 Å². The summed E-state index contributed by atoms with van der Waals surface area (Å²) in [5, 5.41) is 3.80. The van der Waals surface area contributed by atoms with Crippen LogP contribution in [0.1, 0.15) is 30.5 Å². The maximum atomic E-state index is 12.6. The van der Waals surface area contributed by atoms with Crippen LogP contribution in [0.25, 0.3) is 11.1 Å². The van der Waals surface area contributed by atoms with Crippen LogP contribution in [0.4, 0.5) is 5.69 Å². The van der Waals surface area contributed by atoms with Gasteiger partial charge in [-0.1, -0.05) is 86.1 Å². The number of benzene rings is 3. The largest absolute Gasteiger partial charge is 0.325 e. The van der Waals surface area contributed by atoms with Crippen molar-refractivity contribution < 1.29 is 4.79 Å². The fraction of sp³-hybridized carbons (Fsp3) is 0.208. The minimum atomic E-state index is -0.0193. The van der Waals surface area contributed by atoms with E-state index in [1.165, 1.54) is 5.56 Å². The zero-order valence-corrected chi connectivity index (χ0v) is 16.5. The summed E-state index contributed by atoms with van der Waals surface area (Å²) in [4.78, 5) is 12.6. The second-order valence-corrected chi connectivity index (χ2v) is 6.96. The molecule has 0 saturated heterocycles. The van der Waals surface area contributed by atoms with Crippen molar-refractivity contribution in [3.05, 3.63) is 88.4 Å². The molecule has 3 rings (SSSR count). The van der Waals surface area contributed by atoms with Gasteiger partial charge >= 0.3 is 0 Å². The molecule has 3 heteroatoms. The van der Waals surface area contributed by atoms with Crippen LogP contribution < -0.4 is 5.32 Å². The number of halogens is 1. The summed E-state index contributed by atoms with van der Waals surface area (Å²) in [6.45, 7) is 4.14. The molecule has 0 atom stereocenters. The van der Waals surface area contributed by atoms with Gasteiger partial charge < -0.3 is 5.32 Å². The molecule has 2 nitrogen and oxygen atoms in total. The van der Waals surface area contributed by atoms with Gasteiger partial charge in [0.25, 0.3) is 0 Å². The quantitative estimate of drug-likeness (QED) is 0.535. The van der Waals surface area contributed by atoms with E-state index < -0.39 is 0 Å². The first kappa shape index (κ1) is 19.2. The van der Waals surface area contributed by atoms with E-state index in [4.69, 9.17) is 11.6 Å². The maximum absolute atomic E-state index is 12.6. The van der Waals surface area contributed by atoms with Gasteiger partial charge in [-0.3, -0.25) is 4.79 Å². The Balaban J connectivity index is 1.74. The molecule has 0 spiro atoms. The minimum Gasteiger partial charge on any atom is -0.325 e. The number of carbonyl (C=O) groups is 1. The van der Waals surface area contributed by atoms with Crippen molar-refractivity contribution in [2.75, 3.05) is 5.32 Å². The Labute approximate surface area is 166 Å². The third-order valence-corrected chi connectivity index (χ3v) is 5.12. The topological polar surface area (TPSA) is 29.1 Å². The lowest BCUT2D eigenvalue weighted by atomic mass is 10.0. The second-order valence-electron chi connectivity index (χ2n) is 6.56. The second kappa shape index (κ2) is 8.88. The predicted molar refractivity (Wildman–Crippen MR) is 114 cm³/mol. The molecule has 138 valence electrons. The Hall–Kier alpha value is -2.58. The van der Waals surface area contributed by atoms with Crippen molar-refractivity contribution in [2.45, 2.75) is 33.1 Å². The van der Waals surface area contributed by atoms with Gasteiger partial charge in [-0.25, -0.2) is 0 Å². The highest BCUT2D eigenvalue weighted by atomic mass is 35.5. The lowest BCUT2D eigenvalue weighted by molar-refractivity contribution is -0.115. The number of anilines is 1. The number of nitrogens with one attached hydrogen (secondary N) is 1. The number of aryl methyl sites for hydroxylation is 1. The number of hydrogen-bond acceptors (Lipinski definition) is 1. The van der Waals surface area contributed by atoms with Gasteiger partial charge in [0.2, 0.25) is 5.91 Å². The van der Waals surface area contributed by atoms with Crippen LogP contribution in [0.3, 0.4) is 0 Å². The summed E-state index contributed by atoms with van der Waals surface area (Å²) >= 11 is 6.33. The molecule has 0 aliphatic heterocycles. The van der Waals surface area contributed by atoms with E-state index in [9.17, 15) is 4.79 Å². The number of amides is 1. The molecule has 0 aliphatic carbocycles. The van der Waals surface area contributed by atoms with Crippen LogP contribution in [0.2, 0.25) is 5.02 Å². The van der Waals surface area contributed by atoms with Crippen molar-refractivity contribution >= 4 is 23.2 Å². The predicted octanol–water partition coefficient (Wildman–Crippen LogP) is 6.31. The van der Waals surface area contributed by atoms with Crippen LogP contribution >= 0.6 is 11.6 Å². The molecule has 3 aromatic rings. The van der Waals surface area contributed by atoms with Crippen molar-refractivity contribution in [2.24, 2.45) is 0 Å². The van der Waals surface area contributed by atoms with E-state index in [2.05, 4.69) is 43.4 Å². The fourth-order valence-corrected chi connectivity index (χ4v) is 3.57. The molecule has 0 bridgehead atoms. The number of hydrogen-bond donors (Lipinski definition) is 1. The molecule has 1 amide bonds. The smallest absolute Gasteiger partial charge is 0.228 e. The van der Waals surface area contributed by atoms with Crippen molar-refractivity contribution in [1.29, 1.82) is 0 Å². The molecule has 0 heterocycles. The Morgan fingerprint density at radius 1 is 0.852 bits per heavy atom. The van der Waals surface area contributed by atoms with Crippen molar-refractivity contribution in [3.8, 4) is 11.1 Å². The average molecular weight is 378 g/mol. The summed E-state index contributed by atoms with van der Waals surface area (Å²) in [6, 6.07) is 22.3. The highest BCUT2D eigenvalue weighted by Gasteiger charge is 2.13. The maximum Gasteiger partial charge on any atom is 0.228 e. The molecular formula is C24H24ClNO. The Kier molecular flexibility index (Phi) is 6.31. The normalized spacial score (nSPS) is 10.6. The summed E-state index contributed by atoms with van der Waals surface area (Å²) in [5.41, 5.74) is 6.31. The van der Waals surface area contributed by atoms with Crippen LogP contribution in [0, 0.1) is 0 Å². The highest BCUT2D eigenvalue weighted by Crippen LogP contribution is 2.29. The summed E-state index contributed by atoms with van der Waals surface area (Å²) in [6.07, 6.45) is 1.98. The molecule has 0 fully saturated rings. The monoisotopic (exact) mass is 377 g/mol. The molecule has 27 heavy (non-hydrogen) atoms. The van der Waals surface area contributed by atoms with Crippen LogP contribution in [-0.2, 0) is 24.1 Å². The van der Waals surface area contributed by atoms with Gasteiger partial charge in [0.05, 0.1) is 6.42 Å². The zero-order valence-electron chi connectivity index (χ0n) is 15.8. The Bertz CT molecular complexity index is 917. The van der Waals surface area contributed by atoms with E-state index in [0.717, 1.165) is 40.8 Å². The molecule has 1 N–H and O–H groups in total. The van der Waals surface area contributed by atoms with Crippen LogP contribution in [-0.4, -0.2) is 5.91 Å². The standard InChI is InChI=1S/C24H24ClNO/c1-3-18-14-15-22(25)21(4-2)24(18)26-23(27)16-17-10-12-20(13-11-17)19-8-6-5-7-9-19/h5-15H,3-4,16H2,1-2H3,(H,26,27). The lowest BCUT2D eigenvalue weighted by Crippen LogP contribution is -2.17. The van der Waals surface area contributed by atoms with Crippen molar-refractivity contribution in [3.63, 3.8) is 0 Å². The zero-order chi connectivity index (χ0) is 19.2. The van der Waals surface area contributed by atoms with Gasteiger partial charge in [-0.15, -0.1) is 0 Å².